The summed E-state index contributed by atoms with van der Waals surface area (Å²) in [4.78, 5) is 0. The van der Waals surface area contributed by atoms with Gasteiger partial charge in [0.05, 0.1) is 11.6 Å². The van der Waals surface area contributed by atoms with E-state index in [4.69, 9.17) is 23.2 Å². The van der Waals surface area contributed by atoms with E-state index in [9.17, 15) is 4.39 Å². The van der Waals surface area contributed by atoms with Gasteiger partial charge < -0.3 is 0 Å². The molecule has 1 heterocycles. The molecule has 0 amide bonds. The molecule has 0 aliphatic rings. The van der Waals surface area contributed by atoms with Crippen molar-refractivity contribution in [2.24, 2.45) is 0 Å². The molecule has 0 N–H and O–H groups in total. The van der Waals surface area contributed by atoms with E-state index in [-0.39, 0.29) is 10.3 Å². The van der Waals surface area contributed by atoms with Gasteiger partial charge in [0, 0.05) is 0 Å². The van der Waals surface area contributed by atoms with Crippen LogP contribution in [0.4, 0.5) is 4.39 Å². The van der Waals surface area contributed by atoms with E-state index in [1.54, 1.807) is 16.7 Å². The summed E-state index contributed by atoms with van der Waals surface area (Å²) in [5.74, 6) is -0.435. The Morgan fingerprint density at radius 2 is 2.13 bits per heavy atom. The van der Waals surface area contributed by atoms with E-state index >= 15 is 0 Å². The third-order valence-corrected chi connectivity index (χ3v) is 2.49. The van der Waals surface area contributed by atoms with Gasteiger partial charge in [0.15, 0.2) is 0 Å². The fourth-order valence-electron chi connectivity index (χ4n) is 1.18. The van der Waals surface area contributed by atoms with Crippen LogP contribution in [0.25, 0.3) is 0 Å². The van der Waals surface area contributed by atoms with Crippen molar-refractivity contribution in [2.75, 3.05) is 0 Å². The summed E-state index contributed by atoms with van der Waals surface area (Å²) in [5.41, 5.74) is 0.836. The van der Waals surface area contributed by atoms with Crippen molar-refractivity contribution in [1.29, 1.82) is 0 Å². The van der Waals surface area contributed by atoms with Crippen molar-refractivity contribution in [3.05, 3.63) is 46.2 Å². The first kappa shape index (κ1) is 10.4. The zero-order valence-electron chi connectivity index (χ0n) is 7.49. The smallest absolute Gasteiger partial charge is 0.225 e. The number of nitrogens with zero attached hydrogens (tertiary/aromatic N) is 3. The van der Waals surface area contributed by atoms with E-state index in [0.717, 1.165) is 5.56 Å². The third-order valence-electron chi connectivity index (χ3n) is 1.91. The minimum absolute atomic E-state index is 0.0942. The first-order chi connectivity index (χ1) is 7.16. The van der Waals surface area contributed by atoms with Gasteiger partial charge in [-0.3, -0.25) is 4.57 Å². The molecule has 3 nitrogen and oxygen atoms in total. The van der Waals surface area contributed by atoms with Crippen LogP contribution >= 0.6 is 23.2 Å². The molecule has 0 radical (unpaired) electrons. The first-order valence-electron chi connectivity index (χ1n) is 4.14. The molecule has 2 rings (SSSR count). The van der Waals surface area contributed by atoms with Crippen molar-refractivity contribution in [3.63, 3.8) is 0 Å². The Morgan fingerprint density at radius 3 is 2.73 bits per heavy atom. The van der Waals surface area contributed by atoms with E-state index in [2.05, 4.69) is 10.2 Å². The maximum Gasteiger partial charge on any atom is 0.225 e. The van der Waals surface area contributed by atoms with Crippen LogP contribution in [0.3, 0.4) is 0 Å². The Morgan fingerprint density at radius 1 is 1.33 bits per heavy atom. The second-order valence-electron chi connectivity index (χ2n) is 2.98. The lowest BCUT2D eigenvalue weighted by Gasteiger charge is -2.03. The van der Waals surface area contributed by atoms with Gasteiger partial charge in [0.25, 0.3) is 0 Å². The minimum atomic E-state index is -0.435. The highest BCUT2D eigenvalue weighted by molar-refractivity contribution is 6.30. The van der Waals surface area contributed by atoms with Crippen molar-refractivity contribution in [1.82, 2.24) is 14.8 Å². The Balaban J connectivity index is 2.25. The Bertz CT molecular complexity index is 484. The van der Waals surface area contributed by atoms with Crippen LogP contribution in [0.5, 0.6) is 0 Å². The Labute approximate surface area is 95.5 Å². The third kappa shape index (κ3) is 2.27. The highest BCUT2D eigenvalue weighted by Gasteiger charge is 2.04. The number of halogens is 3. The van der Waals surface area contributed by atoms with Gasteiger partial charge in [-0.25, -0.2) is 4.39 Å². The second kappa shape index (κ2) is 4.16. The summed E-state index contributed by atoms with van der Waals surface area (Å²) in [6.07, 6.45) is 1.50. The molecule has 0 fully saturated rings. The largest absolute Gasteiger partial charge is 0.300 e. The maximum atomic E-state index is 12.9. The Hall–Kier alpha value is -1.13. The molecule has 0 saturated heterocycles. The van der Waals surface area contributed by atoms with E-state index < -0.39 is 5.82 Å². The summed E-state index contributed by atoms with van der Waals surface area (Å²) in [6, 6.07) is 4.50. The van der Waals surface area contributed by atoms with Gasteiger partial charge in [-0.1, -0.05) is 17.7 Å². The highest BCUT2D eigenvalue weighted by atomic mass is 35.5. The number of benzene rings is 1. The monoisotopic (exact) mass is 245 g/mol. The lowest BCUT2D eigenvalue weighted by atomic mass is 10.2. The normalized spacial score (nSPS) is 10.6. The lowest BCUT2D eigenvalue weighted by Crippen LogP contribution is -1.98. The zero-order chi connectivity index (χ0) is 10.8. The van der Waals surface area contributed by atoms with Crippen molar-refractivity contribution in [2.45, 2.75) is 6.54 Å². The standard InChI is InChI=1S/C9H6Cl2FN3/c10-7-3-6(1-2-8(7)12)4-15-5-13-14-9(15)11/h1-3,5H,4H2. The minimum Gasteiger partial charge on any atom is -0.300 e. The van der Waals surface area contributed by atoms with Gasteiger partial charge in [-0.2, -0.15) is 0 Å². The van der Waals surface area contributed by atoms with Crippen molar-refractivity contribution in [3.8, 4) is 0 Å². The van der Waals surface area contributed by atoms with Crippen LogP contribution in [0, 0.1) is 5.82 Å². The van der Waals surface area contributed by atoms with Crippen LogP contribution in [0.1, 0.15) is 5.56 Å². The number of aromatic nitrogens is 3. The first-order valence-corrected chi connectivity index (χ1v) is 4.89. The summed E-state index contributed by atoms with van der Waals surface area (Å²) in [7, 11) is 0. The van der Waals surface area contributed by atoms with Gasteiger partial charge in [0.1, 0.15) is 12.1 Å². The predicted molar refractivity (Wildman–Crippen MR) is 55.5 cm³/mol. The van der Waals surface area contributed by atoms with Gasteiger partial charge >= 0.3 is 0 Å². The maximum absolute atomic E-state index is 12.9. The number of rotatable bonds is 2. The van der Waals surface area contributed by atoms with Crippen LogP contribution in [0.15, 0.2) is 24.5 Å². The van der Waals surface area contributed by atoms with Crippen LogP contribution in [0.2, 0.25) is 10.3 Å². The van der Waals surface area contributed by atoms with Gasteiger partial charge in [0.2, 0.25) is 5.28 Å². The molecule has 0 bridgehead atoms. The molecule has 0 atom stereocenters. The number of hydrogen-bond donors (Lipinski definition) is 0. The summed E-state index contributed by atoms with van der Waals surface area (Å²) in [5, 5.41) is 7.64. The summed E-state index contributed by atoms with van der Waals surface area (Å²) < 4.78 is 14.5. The number of hydrogen-bond acceptors (Lipinski definition) is 2. The van der Waals surface area contributed by atoms with Crippen molar-refractivity contribution < 1.29 is 4.39 Å². The summed E-state index contributed by atoms with van der Waals surface area (Å²) in [6.45, 7) is 0.464. The predicted octanol–water partition coefficient (Wildman–Crippen LogP) is 2.77. The average Bonchev–Trinajstić information content (AvgIpc) is 2.59. The molecule has 2 aromatic rings. The van der Waals surface area contributed by atoms with Gasteiger partial charge in [-0.05, 0) is 29.3 Å². The Kier molecular flexibility index (Phi) is 2.88. The summed E-state index contributed by atoms with van der Waals surface area (Å²) >= 11 is 11.4. The molecule has 1 aromatic carbocycles. The zero-order valence-corrected chi connectivity index (χ0v) is 9.00. The highest BCUT2D eigenvalue weighted by Crippen LogP contribution is 2.17. The SMILES string of the molecule is Fc1ccc(Cn2cnnc2Cl)cc1Cl. The molecule has 0 saturated carbocycles. The van der Waals surface area contributed by atoms with E-state index in [1.807, 2.05) is 0 Å². The van der Waals surface area contributed by atoms with Crippen LogP contribution in [-0.4, -0.2) is 14.8 Å². The van der Waals surface area contributed by atoms with Crippen molar-refractivity contribution >= 4 is 23.2 Å². The molecule has 15 heavy (non-hydrogen) atoms. The molecule has 1 aromatic heterocycles. The average molecular weight is 246 g/mol. The molecule has 0 spiro atoms. The molecule has 6 heteroatoms. The molecule has 0 aliphatic carbocycles. The molecular formula is C9H6Cl2FN3. The fraction of sp³-hybridized carbons (Fsp3) is 0.111. The molecule has 78 valence electrons. The van der Waals surface area contributed by atoms with E-state index in [1.165, 1.54) is 12.4 Å². The lowest BCUT2D eigenvalue weighted by molar-refractivity contribution is 0.626. The fourth-order valence-corrected chi connectivity index (χ4v) is 1.53. The quantitative estimate of drug-likeness (QED) is 0.815. The van der Waals surface area contributed by atoms with Crippen LogP contribution < -0.4 is 0 Å². The van der Waals surface area contributed by atoms with Gasteiger partial charge in [-0.15, -0.1) is 10.2 Å². The molecular weight excluding hydrogens is 240 g/mol. The molecule has 0 unspecified atom stereocenters. The topological polar surface area (TPSA) is 30.7 Å². The second-order valence-corrected chi connectivity index (χ2v) is 3.72. The van der Waals surface area contributed by atoms with Crippen LogP contribution in [-0.2, 0) is 6.54 Å². The van der Waals surface area contributed by atoms with E-state index in [0.29, 0.717) is 6.54 Å². The molecule has 0 aliphatic heterocycles.